The van der Waals surface area contributed by atoms with Crippen molar-refractivity contribution < 1.29 is 9.90 Å². The van der Waals surface area contributed by atoms with Crippen molar-refractivity contribution in [1.82, 2.24) is 19.7 Å². The third kappa shape index (κ3) is 4.70. The summed E-state index contributed by atoms with van der Waals surface area (Å²) in [4.78, 5) is 24.1. The molecule has 8 heteroatoms. The van der Waals surface area contributed by atoms with E-state index in [1.54, 1.807) is 4.68 Å². The number of nitrogens with one attached hydrogen (secondary N) is 1. The minimum Gasteiger partial charge on any atom is -0.395 e. The Morgan fingerprint density at radius 1 is 1.16 bits per heavy atom. The number of hydrogen-bond acceptors (Lipinski definition) is 7. The molecular formula is C24H28N6O2. The number of anilines is 1. The molecule has 0 aliphatic carbocycles. The zero-order valence-electron chi connectivity index (χ0n) is 18.4. The van der Waals surface area contributed by atoms with Crippen molar-refractivity contribution in [2.75, 3.05) is 31.6 Å². The summed E-state index contributed by atoms with van der Waals surface area (Å²) >= 11 is 0. The third-order valence-corrected chi connectivity index (χ3v) is 5.59. The van der Waals surface area contributed by atoms with Gasteiger partial charge in [0.15, 0.2) is 11.6 Å². The van der Waals surface area contributed by atoms with Crippen molar-refractivity contribution in [3.8, 4) is 0 Å². The van der Waals surface area contributed by atoms with Crippen LogP contribution in [0.5, 0.6) is 0 Å². The molecule has 0 spiro atoms. The number of aryl methyl sites for hydroxylation is 1. The number of carbonyl (C=O) groups excluding carboxylic acids is 1. The van der Waals surface area contributed by atoms with E-state index in [-0.39, 0.29) is 18.3 Å². The van der Waals surface area contributed by atoms with Crippen molar-refractivity contribution >= 4 is 17.7 Å². The van der Waals surface area contributed by atoms with E-state index in [2.05, 4.69) is 15.4 Å². The Labute approximate surface area is 187 Å². The predicted octanol–water partition coefficient (Wildman–Crippen LogP) is 2.66. The first-order chi connectivity index (χ1) is 15.6. The number of rotatable bonds is 7. The van der Waals surface area contributed by atoms with Gasteiger partial charge in [-0.25, -0.2) is 4.68 Å². The van der Waals surface area contributed by atoms with Crippen LogP contribution in [-0.2, 0) is 7.05 Å². The summed E-state index contributed by atoms with van der Waals surface area (Å²) in [6.45, 7) is 4.21. The lowest BCUT2D eigenvalue weighted by atomic mass is 9.95. The Morgan fingerprint density at radius 3 is 2.72 bits per heavy atom. The zero-order chi connectivity index (χ0) is 22.5. The molecule has 32 heavy (non-hydrogen) atoms. The number of guanidine groups is 1. The van der Waals surface area contributed by atoms with Crippen LogP contribution in [0.25, 0.3) is 0 Å². The molecule has 8 nitrogen and oxygen atoms in total. The highest BCUT2D eigenvalue weighted by molar-refractivity contribution is 6.09. The van der Waals surface area contributed by atoms with Gasteiger partial charge in [-0.3, -0.25) is 15.1 Å². The molecule has 1 atom stereocenters. The van der Waals surface area contributed by atoms with Crippen LogP contribution < -0.4 is 5.32 Å². The van der Waals surface area contributed by atoms with Crippen LogP contribution >= 0.6 is 0 Å². The first kappa shape index (κ1) is 21.7. The molecule has 2 aromatic carbocycles. The van der Waals surface area contributed by atoms with Gasteiger partial charge in [-0.15, -0.1) is 0 Å². The van der Waals surface area contributed by atoms with Crippen LogP contribution in [0.3, 0.4) is 0 Å². The van der Waals surface area contributed by atoms with Gasteiger partial charge in [0.1, 0.15) is 0 Å². The van der Waals surface area contributed by atoms with Crippen LogP contribution in [0.15, 0.2) is 59.6 Å². The van der Waals surface area contributed by atoms with Gasteiger partial charge in [-0.05, 0) is 18.1 Å². The van der Waals surface area contributed by atoms with Gasteiger partial charge in [0.05, 0.1) is 6.61 Å². The summed E-state index contributed by atoms with van der Waals surface area (Å²) in [5.74, 6) is 1.85. The highest BCUT2D eigenvalue weighted by Crippen LogP contribution is 2.24. The molecule has 0 fully saturated rings. The Balaban J connectivity index is 1.54. The lowest BCUT2D eigenvalue weighted by Crippen LogP contribution is -2.42. The van der Waals surface area contributed by atoms with E-state index in [0.29, 0.717) is 35.4 Å². The van der Waals surface area contributed by atoms with E-state index >= 15 is 0 Å². The van der Waals surface area contributed by atoms with Crippen molar-refractivity contribution in [1.29, 1.82) is 0 Å². The van der Waals surface area contributed by atoms with Gasteiger partial charge in [0.25, 0.3) is 0 Å². The maximum atomic E-state index is 12.8. The molecule has 3 aromatic rings. The number of aliphatic hydroxyl groups excluding tert-OH is 1. The van der Waals surface area contributed by atoms with E-state index in [1.807, 2.05) is 73.5 Å². The molecule has 2 heterocycles. The number of β-amino-alcohol motifs (C(OH)–C–C–N with tert-alkyl or cyclic N) is 1. The Kier molecular flexibility index (Phi) is 6.61. The van der Waals surface area contributed by atoms with Crippen molar-refractivity contribution in [3.63, 3.8) is 0 Å². The predicted molar refractivity (Wildman–Crippen MR) is 124 cm³/mol. The van der Waals surface area contributed by atoms with E-state index in [4.69, 9.17) is 4.98 Å². The van der Waals surface area contributed by atoms with Crippen LogP contribution in [0.1, 0.15) is 46.6 Å². The number of aliphatic hydroxyl groups is 1. The second-order valence-corrected chi connectivity index (χ2v) is 7.85. The molecule has 0 radical (unpaired) electrons. The maximum Gasteiger partial charge on any atom is 0.227 e. The summed E-state index contributed by atoms with van der Waals surface area (Å²) < 4.78 is 1.69. The minimum atomic E-state index is -0.0953. The molecule has 0 saturated heterocycles. The van der Waals surface area contributed by atoms with Gasteiger partial charge in [0.2, 0.25) is 11.9 Å². The van der Waals surface area contributed by atoms with Gasteiger partial charge in [0, 0.05) is 43.7 Å². The van der Waals surface area contributed by atoms with Crippen molar-refractivity contribution in [2.45, 2.75) is 19.3 Å². The van der Waals surface area contributed by atoms with E-state index in [1.165, 1.54) is 0 Å². The average Bonchev–Trinajstić information content (AvgIpc) is 3.20. The summed E-state index contributed by atoms with van der Waals surface area (Å²) in [5, 5.41) is 17.2. The smallest absolute Gasteiger partial charge is 0.227 e. The normalized spacial score (nSPS) is 14.7. The monoisotopic (exact) mass is 432 g/mol. The maximum absolute atomic E-state index is 12.8. The van der Waals surface area contributed by atoms with E-state index < -0.39 is 0 Å². The quantitative estimate of drug-likeness (QED) is 0.558. The molecule has 166 valence electrons. The fraction of sp³-hybridized carbons (Fsp3) is 0.333. The Morgan fingerprint density at radius 2 is 1.94 bits per heavy atom. The first-order valence-corrected chi connectivity index (χ1v) is 10.8. The summed E-state index contributed by atoms with van der Waals surface area (Å²) in [6, 6.07) is 16.9. The van der Waals surface area contributed by atoms with Crippen molar-refractivity contribution in [3.05, 3.63) is 77.1 Å². The molecular weight excluding hydrogens is 404 g/mol. The standard InChI is InChI=1S/C24H28N6O2/c1-17(19-10-6-11-20(16-19)21(32)18-8-4-3-5-9-18)22-26-24(29(2)28-22)27-23-25-12-7-13-30(23)14-15-31/h3-6,8-11,16-17,31H,7,12-15H2,1-2H3,(H,25,26,27,28). The van der Waals surface area contributed by atoms with Crippen LogP contribution in [0, 0.1) is 0 Å². The lowest BCUT2D eigenvalue weighted by Gasteiger charge is -2.28. The van der Waals surface area contributed by atoms with Crippen LogP contribution in [0.2, 0.25) is 0 Å². The van der Waals surface area contributed by atoms with Gasteiger partial charge >= 0.3 is 0 Å². The molecule has 1 aliphatic rings. The topological polar surface area (TPSA) is 95.6 Å². The van der Waals surface area contributed by atoms with Crippen LogP contribution in [-0.4, -0.2) is 62.8 Å². The summed E-state index contributed by atoms with van der Waals surface area (Å²) in [5.41, 5.74) is 2.28. The number of nitrogens with zero attached hydrogens (tertiary/aromatic N) is 5. The fourth-order valence-corrected chi connectivity index (χ4v) is 3.76. The first-order valence-electron chi connectivity index (χ1n) is 10.8. The molecule has 2 N–H and O–H groups in total. The van der Waals surface area contributed by atoms with E-state index in [0.717, 1.165) is 25.1 Å². The Hall–Kier alpha value is -3.52. The van der Waals surface area contributed by atoms with Crippen LogP contribution in [0.4, 0.5) is 5.95 Å². The minimum absolute atomic E-state index is 0.00438. The van der Waals surface area contributed by atoms with Gasteiger partial charge < -0.3 is 10.0 Å². The van der Waals surface area contributed by atoms with Crippen molar-refractivity contribution in [2.24, 2.45) is 12.0 Å². The van der Waals surface area contributed by atoms with E-state index in [9.17, 15) is 9.90 Å². The molecule has 0 saturated carbocycles. The summed E-state index contributed by atoms with van der Waals surface area (Å²) in [7, 11) is 1.83. The number of hydrogen-bond donors (Lipinski definition) is 2. The highest BCUT2D eigenvalue weighted by atomic mass is 16.3. The molecule has 0 bridgehead atoms. The molecule has 1 aliphatic heterocycles. The molecule has 4 rings (SSSR count). The Bertz CT molecular complexity index is 1110. The largest absolute Gasteiger partial charge is 0.395 e. The second-order valence-electron chi connectivity index (χ2n) is 7.85. The summed E-state index contributed by atoms with van der Waals surface area (Å²) in [6.07, 6.45) is 0.963. The number of benzene rings is 2. The average molecular weight is 433 g/mol. The highest BCUT2D eigenvalue weighted by Gasteiger charge is 2.21. The SMILES string of the molecule is CC(c1cccc(C(=O)c2ccccc2)c1)c1nc(NC2=NCCCN2CCO)n(C)n1. The number of ketones is 1. The molecule has 0 amide bonds. The zero-order valence-corrected chi connectivity index (χ0v) is 18.4. The molecule has 1 unspecified atom stereocenters. The number of aliphatic imine (C=N–C) groups is 1. The lowest BCUT2D eigenvalue weighted by molar-refractivity contribution is 0.103. The number of carbonyl (C=O) groups is 1. The van der Waals surface area contributed by atoms with Gasteiger partial charge in [-0.1, -0.05) is 55.5 Å². The molecule has 1 aromatic heterocycles. The number of aromatic nitrogens is 3. The van der Waals surface area contributed by atoms with Gasteiger partial charge in [-0.2, -0.15) is 10.1 Å². The fourth-order valence-electron chi connectivity index (χ4n) is 3.76. The third-order valence-electron chi connectivity index (χ3n) is 5.59. The second kappa shape index (κ2) is 9.74.